The van der Waals surface area contributed by atoms with Crippen LogP contribution in [-0.4, -0.2) is 26.2 Å². The van der Waals surface area contributed by atoms with Gasteiger partial charge in [-0.05, 0) is 36.2 Å². The molecule has 0 saturated carbocycles. The molecule has 128 valence electrons. The Morgan fingerprint density at radius 1 is 1.17 bits per heavy atom. The second-order valence-electron chi connectivity index (χ2n) is 5.20. The third kappa shape index (κ3) is 4.63. The molecule has 0 aliphatic heterocycles. The third-order valence-electron chi connectivity index (χ3n) is 3.52. The summed E-state index contributed by atoms with van der Waals surface area (Å²) in [6.07, 6.45) is 0.371. The molecule has 6 heteroatoms. The van der Waals surface area contributed by atoms with Crippen molar-refractivity contribution in [1.29, 1.82) is 0 Å². The summed E-state index contributed by atoms with van der Waals surface area (Å²) in [5.74, 6) is 0.843. The van der Waals surface area contributed by atoms with Gasteiger partial charge < -0.3 is 19.9 Å². The molecule has 0 heterocycles. The monoisotopic (exact) mass is 349 g/mol. The quantitative estimate of drug-likeness (QED) is 0.778. The first-order chi connectivity index (χ1) is 11.5. The maximum Gasteiger partial charge on any atom is 0.322 e. The van der Waals surface area contributed by atoms with E-state index in [0.29, 0.717) is 22.9 Å². The van der Waals surface area contributed by atoms with Crippen LogP contribution < -0.4 is 15.2 Å². The number of methoxy groups -OCH3 is 2. The molecule has 0 fully saturated rings. The van der Waals surface area contributed by atoms with Crippen LogP contribution in [0.1, 0.15) is 11.1 Å². The van der Waals surface area contributed by atoms with Crippen molar-refractivity contribution in [2.75, 3.05) is 14.2 Å². The van der Waals surface area contributed by atoms with Crippen LogP contribution in [0.15, 0.2) is 42.5 Å². The highest BCUT2D eigenvalue weighted by Gasteiger charge is 2.15. The zero-order valence-electron chi connectivity index (χ0n) is 13.6. The van der Waals surface area contributed by atoms with Crippen LogP contribution in [0.4, 0.5) is 0 Å². The van der Waals surface area contributed by atoms with Crippen molar-refractivity contribution in [3.63, 3.8) is 0 Å². The van der Waals surface area contributed by atoms with Gasteiger partial charge in [-0.3, -0.25) is 4.79 Å². The van der Waals surface area contributed by atoms with Gasteiger partial charge in [-0.25, -0.2) is 0 Å². The largest absolute Gasteiger partial charge is 0.496 e. The number of esters is 1. The Hall–Kier alpha value is -2.24. The Bertz CT molecular complexity index is 705. The van der Waals surface area contributed by atoms with Crippen molar-refractivity contribution in [2.24, 2.45) is 5.73 Å². The number of carbonyl (C=O) groups excluding carboxylic acids is 1. The number of hydrogen-bond donors (Lipinski definition) is 1. The average molecular weight is 350 g/mol. The molecule has 0 aliphatic carbocycles. The highest BCUT2D eigenvalue weighted by Crippen LogP contribution is 2.27. The minimum Gasteiger partial charge on any atom is -0.496 e. The lowest BCUT2D eigenvalue weighted by Crippen LogP contribution is -2.33. The highest BCUT2D eigenvalue weighted by molar-refractivity contribution is 6.32. The molecule has 1 unspecified atom stereocenters. The highest BCUT2D eigenvalue weighted by atomic mass is 35.5. The second kappa shape index (κ2) is 8.57. The maximum atomic E-state index is 11.5. The zero-order chi connectivity index (χ0) is 17.5. The van der Waals surface area contributed by atoms with Crippen LogP contribution in [0.3, 0.4) is 0 Å². The van der Waals surface area contributed by atoms with E-state index in [0.717, 1.165) is 11.1 Å². The number of benzene rings is 2. The zero-order valence-corrected chi connectivity index (χ0v) is 14.4. The molecule has 0 radical (unpaired) electrons. The van der Waals surface area contributed by atoms with Gasteiger partial charge >= 0.3 is 5.97 Å². The van der Waals surface area contributed by atoms with Gasteiger partial charge in [0.15, 0.2) is 0 Å². The van der Waals surface area contributed by atoms with E-state index in [2.05, 4.69) is 4.74 Å². The molecule has 2 aromatic carbocycles. The first kappa shape index (κ1) is 18.1. The van der Waals surface area contributed by atoms with E-state index < -0.39 is 12.0 Å². The van der Waals surface area contributed by atoms with Crippen LogP contribution in [0, 0.1) is 0 Å². The van der Waals surface area contributed by atoms with Crippen molar-refractivity contribution in [1.82, 2.24) is 0 Å². The minimum atomic E-state index is -0.708. The lowest BCUT2D eigenvalue weighted by molar-refractivity contribution is -0.142. The predicted octanol–water partition coefficient (Wildman–Crippen LogP) is 2.97. The standard InChI is InChI=1S/C18H20ClNO4/c1-22-16-8-7-12(10-15(20)18(21)23-2)9-13(16)11-24-17-6-4-3-5-14(17)19/h3-9,15H,10-11,20H2,1-2H3. The number of hydrogen-bond acceptors (Lipinski definition) is 5. The summed E-state index contributed by atoms with van der Waals surface area (Å²) in [5.41, 5.74) is 7.55. The fourth-order valence-electron chi connectivity index (χ4n) is 2.28. The van der Waals surface area contributed by atoms with Gasteiger partial charge in [0.05, 0.1) is 19.2 Å². The normalized spacial score (nSPS) is 11.7. The topological polar surface area (TPSA) is 70.8 Å². The molecule has 0 spiro atoms. The summed E-state index contributed by atoms with van der Waals surface area (Å²) in [6, 6.07) is 12.1. The second-order valence-corrected chi connectivity index (χ2v) is 5.61. The Kier molecular flexibility index (Phi) is 6.46. The molecule has 0 amide bonds. The van der Waals surface area contributed by atoms with E-state index in [1.54, 1.807) is 19.2 Å². The van der Waals surface area contributed by atoms with Gasteiger partial charge in [-0.1, -0.05) is 29.8 Å². The van der Waals surface area contributed by atoms with Crippen LogP contribution in [-0.2, 0) is 22.6 Å². The molecule has 2 N–H and O–H groups in total. The minimum absolute atomic E-state index is 0.286. The van der Waals surface area contributed by atoms with Crippen LogP contribution in [0.5, 0.6) is 11.5 Å². The molecule has 24 heavy (non-hydrogen) atoms. The first-order valence-corrected chi connectivity index (χ1v) is 7.79. The van der Waals surface area contributed by atoms with Crippen molar-refractivity contribution < 1.29 is 19.0 Å². The number of rotatable bonds is 7. The number of halogens is 1. The number of ether oxygens (including phenoxy) is 3. The Morgan fingerprint density at radius 3 is 2.58 bits per heavy atom. The molecular weight excluding hydrogens is 330 g/mol. The summed E-state index contributed by atoms with van der Waals surface area (Å²) < 4.78 is 15.8. The summed E-state index contributed by atoms with van der Waals surface area (Å²) >= 11 is 6.09. The third-order valence-corrected chi connectivity index (χ3v) is 3.84. The number of carbonyl (C=O) groups is 1. The lowest BCUT2D eigenvalue weighted by atomic mass is 10.0. The van der Waals surface area contributed by atoms with Crippen molar-refractivity contribution in [3.8, 4) is 11.5 Å². The van der Waals surface area contributed by atoms with Gasteiger partial charge in [0.1, 0.15) is 24.1 Å². The Balaban J connectivity index is 2.14. The predicted molar refractivity (Wildman–Crippen MR) is 92.5 cm³/mol. The molecule has 0 saturated heterocycles. The van der Waals surface area contributed by atoms with Gasteiger partial charge in [0.2, 0.25) is 0 Å². The van der Waals surface area contributed by atoms with Crippen molar-refractivity contribution >= 4 is 17.6 Å². The Morgan fingerprint density at radius 2 is 1.92 bits per heavy atom. The van der Waals surface area contributed by atoms with Crippen LogP contribution in [0.2, 0.25) is 5.02 Å². The molecule has 0 aromatic heterocycles. The fraction of sp³-hybridized carbons (Fsp3) is 0.278. The summed E-state index contributed by atoms with van der Waals surface area (Å²) in [6.45, 7) is 0.286. The average Bonchev–Trinajstić information content (AvgIpc) is 2.60. The van der Waals surface area contributed by atoms with Gasteiger partial charge in [0.25, 0.3) is 0 Å². The van der Waals surface area contributed by atoms with Crippen molar-refractivity contribution in [2.45, 2.75) is 19.1 Å². The molecule has 2 rings (SSSR count). The number of nitrogens with two attached hydrogens (primary N) is 1. The van der Waals surface area contributed by atoms with Crippen molar-refractivity contribution in [3.05, 3.63) is 58.6 Å². The maximum absolute atomic E-state index is 11.5. The van der Waals surface area contributed by atoms with Gasteiger partial charge in [0, 0.05) is 5.56 Å². The fourth-order valence-corrected chi connectivity index (χ4v) is 2.47. The smallest absolute Gasteiger partial charge is 0.322 e. The summed E-state index contributed by atoms with van der Waals surface area (Å²) in [7, 11) is 2.91. The lowest BCUT2D eigenvalue weighted by Gasteiger charge is -2.14. The van der Waals surface area contributed by atoms with Gasteiger partial charge in [-0.2, -0.15) is 0 Å². The molecule has 0 aliphatic rings. The molecule has 0 bridgehead atoms. The van der Waals surface area contributed by atoms with E-state index in [9.17, 15) is 4.79 Å². The molecular formula is C18H20ClNO4. The molecule has 2 aromatic rings. The molecule has 5 nitrogen and oxygen atoms in total. The van der Waals surface area contributed by atoms with Crippen LogP contribution in [0.25, 0.3) is 0 Å². The van der Waals surface area contributed by atoms with E-state index in [1.807, 2.05) is 30.3 Å². The van der Waals surface area contributed by atoms with E-state index in [4.69, 9.17) is 26.8 Å². The Labute approximate surface area is 146 Å². The van der Waals surface area contributed by atoms with E-state index >= 15 is 0 Å². The SMILES string of the molecule is COC(=O)C(N)Cc1ccc(OC)c(COc2ccccc2Cl)c1. The summed E-state index contributed by atoms with van der Waals surface area (Å²) in [5, 5.41) is 0.542. The first-order valence-electron chi connectivity index (χ1n) is 7.41. The van der Waals surface area contributed by atoms with Gasteiger partial charge in [-0.15, -0.1) is 0 Å². The van der Waals surface area contributed by atoms with Crippen LogP contribution >= 0.6 is 11.6 Å². The van der Waals surface area contributed by atoms with E-state index in [-0.39, 0.29) is 6.61 Å². The molecule has 1 atom stereocenters. The van der Waals surface area contributed by atoms with E-state index in [1.165, 1.54) is 7.11 Å². The number of para-hydroxylation sites is 1. The summed E-state index contributed by atoms with van der Waals surface area (Å²) in [4.78, 5) is 11.5.